The number of hydrogen-bond donors (Lipinski definition) is 0. The summed E-state index contributed by atoms with van der Waals surface area (Å²) in [6, 6.07) is 72.5. The van der Waals surface area contributed by atoms with E-state index in [4.69, 9.17) is 29.9 Å². The van der Waals surface area contributed by atoms with Crippen molar-refractivity contribution in [2.75, 3.05) is 0 Å². The van der Waals surface area contributed by atoms with Crippen LogP contribution in [-0.2, 0) is 84.3 Å². The zero-order chi connectivity index (χ0) is 78.4. The second-order valence-corrected chi connectivity index (χ2v) is 21.4. The van der Waals surface area contributed by atoms with Crippen LogP contribution in [0.4, 0.5) is 69.1 Å². The van der Waals surface area contributed by atoms with Gasteiger partial charge in [0.25, 0.3) is 0 Å². The minimum absolute atomic E-state index is 0. The predicted molar refractivity (Wildman–Crippen MR) is 385 cm³/mol. The molecule has 3 heterocycles. The van der Waals surface area contributed by atoms with Crippen molar-refractivity contribution in [1.29, 1.82) is 0 Å². The van der Waals surface area contributed by atoms with Gasteiger partial charge in [0.1, 0.15) is 56.2 Å². The van der Waals surface area contributed by atoms with Gasteiger partial charge in [-0.3, -0.25) is 0 Å². The first-order chi connectivity index (χ1) is 47.2. The Labute approximate surface area is 646 Å². The summed E-state index contributed by atoms with van der Waals surface area (Å²) in [5.41, 5.74) is 16.4. The Morgan fingerprint density at radius 3 is 0.371 bits per heavy atom. The second-order valence-electron chi connectivity index (χ2n) is 21.4. The van der Waals surface area contributed by atoms with Crippen LogP contribution < -0.4 is 0 Å². The molecule has 0 aliphatic rings. The molecule has 13 rings (SSSR count). The number of carbonyl (C=O) groups excluding carboxylic acids is 4. The molecule has 556 valence electrons. The molecule has 10 nitrogen and oxygen atoms in total. The van der Waals surface area contributed by atoms with Crippen LogP contribution in [0, 0.1) is 41.5 Å². The number of hydrogen-bond acceptors (Lipinski definition) is 10. The van der Waals surface area contributed by atoms with Crippen molar-refractivity contribution in [3.8, 4) is 0 Å². The van der Waals surface area contributed by atoms with Crippen LogP contribution >= 0.6 is 0 Å². The summed E-state index contributed by atoms with van der Waals surface area (Å²) in [7, 11) is -24.0. The molecule has 3 aromatic heterocycles. The largest absolute Gasteiger partial charge is 4.00 e. The van der Waals surface area contributed by atoms with Crippen molar-refractivity contribution in [3.05, 3.63) is 252 Å². The van der Waals surface area contributed by atoms with Gasteiger partial charge in [-0.15, -0.1) is 0 Å². The number of Topliss-reactive ketones (excluding diaryl/α,β-unsaturated/α-hetero) is 4. The fourth-order valence-corrected chi connectivity index (χ4v) is 6.85. The Morgan fingerprint density at radius 2 is 0.314 bits per heavy atom. The Morgan fingerprint density at radius 1 is 0.238 bits per heavy atom. The normalized spacial score (nSPS) is 9.73. The van der Waals surface area contributed by atoms with Gasteiger partial charge in [-0.25, -0.2) is 103 Å². The Hall–Kier alpha value is -8.26. The minimum Gasteiger partial charge on any atom is -0.418 e. The van der Waals surface area contributed by atoms with E-state index in [9.17, 15) is 88.2 Å². The number of benzene rings is 4. The molecule has 0 fully saturated rings. The van der Waals surface area contributed by atoms with Gasteiger partial charge in [-0.05, 0) is 167 Å². The van der Waals surface area contributed by atoms with Gasteiger partial charge in [0.2, 0.25) is 0 Å². The Kier molecular flexibility index (Phi) is 56.3. The Balaban J connectivity index is -0.000000396. The third kappa shape index (κ3) is 60.7. The molecule has 0 spiro atoms. The maximum Gasteiger partial charge on any atom is 4.00 e. The molecule has 33 heteroatoms. The van der Waals surface area contributed by atoms with Crippen LogP contribution in [0.2, 0.25) is 0 Å². The van der Waals surface area contributed by atoms with Crippen LogP contribution in [0.3, 0.4) is 0 Å². The summed E-state index contributed by atoms with van der Waals surface area (Å²) in [6.45, 7) is 24.8. The fraction of sp³-hybridized carbons (Fsp3) is 0.194. The number of fused-ring (bicyclic) bond motifs is 9. The smallest absolute Gasteiger partial charge is 0.418 e. The van der Waals surface area contributed by atoms with Crippen molar-refractivity contribution >= 4 is 118 Å². The maximum absolute atomic E-state index is 9.75. The second kappa shape index (κ2) is 56.1. The fourth-order valence-electron chi connectivity index (χ4n) is 6.85. The molecule has 0 aliphatic carbocycles. The van der Waals surface area contributed by atoms with Gasteiger partial charge in [0.05, 0.1) is 33.1 Å². The number of aromatic nitrogens is 6. The number of rotatable bonds is 0. The van der Waals surface area contributed by atoms with Gasteiger partial charge in [-0.1, -0.05) is 0 Å². The third-order valence-corrected chi connectivity index (χ3v) is 10.8. The molecule has 105 heavy (non-hydrogen) atoms. The van der Waals surface area contributed by atoms with E-state index in [0.29, 0.717) is 33.1 Å². The first-order valence-corrected chi connectivity index (χ1v) is 30.5. The summed E-state index contributed by atoms with van der Waals surface area (Å²) in [6.07, 6.45) is 0. The zero-order valence-electron chi connectivity index (χ0n) is 60.0. The molecule has 10 aromatic carbocycles. The van der Waals surface area contributed by atoms with E-state index in [1.807, 2.05) is 182 Å². The van der Waals surface area contributed by atoms with Gasteiger partial charge in [-0.2, -0.15) is 109 Å². The quantitative estimate of drug-likeness (QED) is 0.0473. The molecule has 0 unspecified atom stereocenters. The van der Waals surface area contributed by atoms with Gasteiger partial charge in [0, 0.05) is 0 Å². The van der Waals surface area contributed by atoms with Gasteiger partial charge < -0.3 is 88.2 Å². The zero-order valence-corrected chi connectivity index (χ0v) is 64.6. The van der Waals surface area contributed by atoms with E-state index in [0.717, 1.165) is 33.1 Å². The van der Waals surface area contributed by atoms with Crippen LogP contribution in [0.25, 0.3) is 66.2 Å². The molecular formula is C72H78B4F16N6O4Ti3. The molecule has 2 radical (unpaired) electrons. The standard InChI is InChI=1S/C30H24N6.6C5H5.4C3H6O.4BF4.3Ti/c1-13-7-19-20(8-14(13)2)32-26-25(31-19)27-29(35-22-10-16(4)15(3)9-21(22)33-27)30-28(26)34-23-11-17(5)18(6)12-24(23)36-30;6*1-2-4-5-3-1;4*1-3(2)4;4*2-1(3,4)5;;;/h7-12H,1-6H3;6*1-5H;4*1-2H3;;;;;;;/q;6*-1;;;;;4*-1;2*+3;+4. The summed E-state index contributed by atoms with van der Waals surface area (Å²) < 4.78 is 156. The number of ketones is 4. The van der Waals surface area contributed by atoms with Crippen molar-refractivity contribution < 1.29 is 153 Å². The molecule has 0 atom stereocenters. The van der Waals surface area contributed by atoms with E-state index in [1.165, 1.54) is 88.8 Å². The van der Waals surface area contributed by atoms with E-state index >= 15 is 0 Å². The summed E-state index contributed by atoms with van der Waals surface area (Å²) in [4.78, 5) is 68.3. The van der Waals surface area contributed by atoms with Crippen molar-refractivity contribution in [3.63, 3.8) is 0 Å². The number of carbonyl (C=O) groups is 4. The van der Waals surface area contributed by atoms with Gasteiger partial charge >= 0.3 is 94.2 Å². The Bertz CT molecular complexity index is 3510. The maximum atomic E-state index is 9.75. The summed E-state index contributed by atoms with van der Waals surface area (Å²) in [5, 5.41) is 0. The van der Waals surface area contributed by atoms with E-state index in [-0.39, 0.29) is 88.3 Å². The van der Waals surface area contributed by atoms with E-state index in [2.05, 4.69) is 77.9 Å². The van der Waals surface area contributed by atoms with Crippen LogP contribution in [0.15, 0.2) is 218 Å². The number of nitrogens with zero attached hydrogens (tertiary/aromatic N) is 6. The molecule has 0 amide bonds. The third-order valence-electron chi connectivity index (χ3n) is 10.8. The molecule has 0 saturated heterocycles. The molecule has 0 bridgehead atoms. The first-order valence-electron chi connectivity index (χ1n) is 30.5. The average Bonchev–Trinajstić information content (AvgIpc) is 1.51. The van der Waals surface area contributed by atoms with Crippen molar-refractivity contribution in [1.82, 2.24) is 29.9 Å². The summed E-state index contributed by atoms with van der Waals surface area (Å²) in [5.74, 6) is 0.667. The van der Waals surface area contributed by atoms with E-state index in [1.54, 1.807) is 0 Å². The van der Waals surface area contributed by atoms with E-state index < -0.39 is 29.0 Å². The number of halogens is 16. The van der Waals surface area contributed by atoms with Crippen LogP contribution in [0.1, 0.15) is 88.8 Å². The molecule has 0 saturated carbocycles. The molecule has 0 aliphatic heterocycles. The summed E-state index contributed by atoms with van der Waals surface area (Å²) >= 11 is 0. The SMILES string of the molecule is CC(C)=O.CC(C)=O.CC(C)=O.CC(C)=O.Cc1cc2nc3c4nc5cc(C)c(C)cc5nc4c4nc5cc(C)c(C)cc5nc4c3nc2cc1C.F[B-](F)(F)F.F[B-](F)(F)F.F[B-](F)(F)F.F[B-](F)(F)F.[Ti+3].[Ti+3].[Ti+4].c1cc[cH-]c1.c1cc[cH-]c1.c1cc[cH-]c1.c1cc[cH-]c1.c1cc[cH-]c1.c1cc[cH-]c1. The van der Waals surface area contributed by atoms with Crippen molar-refractivity contribution in [2.45, 2.75) is 96.9 Å². The average molecular weight is 1580 g/mol. The van der Waals surface area contributed by atoms with Gasteiger partial charge in [0.15, 0.2) is 0 Å². The monoisotopic (exact) mass is 1580 g/mol. The molecule has 0 N–H and O–H groups in total. The topological polar surface area (TPSA) is 146 Å². The molecular weight excluding hydrogens is 1500 g/mol. The van der Waals surface area contributed by atoms with Crippen molar-refractivity contribution in [2.24, 2.45) is 0 Å². The minimum atomic E-state index is -6.00. The van der Waals surface area contributed by atoms with Crippen LogP contribution in [0.5, 0.6) is 0 Å². The predicted octanol–water partition coefficient (Wildman–Crippen LogP) is 22.8. The van der Waals surface area contributed by atoms with Crippen LogP contribution in [-0.4, -0.2) is 82.1 Å². The number of aryl methyl sites for hydroxylation is 6. The molecule has 13 aromatic rings. The first kappa shape index (κ1) is 105.